The van der Waals surface area contributed by atoms with E-state index in [-0.39, 0.29) is 5.41 Å². The van der Waals surface area contributed by atoms with E-state index in [0.717, 1.165) is 19.5 Å². The van der Waals surface area contributed by atoms with Crippen LogP contribution in [0.25, 0.3) is 0 Å². The zero-order valence-corrected chi connectivity index (χ0v) is 8.62. The molecule has 0 amide bonds. The maximum Gasteiger partial charge on any atom is 0.319 e. The molecule has 1 saturated heterocycles. The number of alkyl halides is 4. The molecule has 1 aliphatic heterocycles. The Hall–Kier alpha value is -0.360. The van der Waals surface area contributed by atoms with E-state index in [4.69, 9.17) is 0 Å². The van der Waals surface area contributed by atoms with Crippen LogP contribution in [0.3, 0.4) is 0 Å². The molecule has 6 heteroatoms. The molecule has 1 fully saturated rings. The molecule has 1 unspecified atom stereocenters. The van der Waals surface area contributed by atoms with E-state index >= 15 is 0 Å². The van der Waals surface area contributed by atoms with Crippen molar-refractivity contribution in [1.82, 2.24) is 10.6 Å². The molecule has 1 aliphatic rings. The normalized spacial score (nSPS) is 27.6. The highest BCUT2D eigenvalue weighted by Crippen LogP contribution is 2.25. The zero-order valence-electron chi connectivity index (χ0n) is 8.62. The Labute approximate surface area is 86.4 Å². The monoisotopic (exact) mass is 228 g/mol. The van der Waals surface area contributed by atoms with Crippen LogP contribution in [0.15, 0.2) is 0 Å². The molecule has 2 nitrogen and oxygen atoms in total. The molecule has 90 valence electrons. The lowest BCUT2D eigenvalue weighted by Crippen LogP contribution is -2.43. The van der Waals surface area contributed by atoms with Gasteiger partial charge in [-0.1, -0.05) is 6.92 Å². The van der Waals surface area contributed by atoms with E-state index in [9.17, 15) is 17.6 Å². The Morgan fingerprint density at radius 2 is 2.13 bits per heavy atom. The van der Waals surface area contributed by atoms with Gasteiger partial charge < -0.3 is 10.6 Å². The fourth-order valence-corrected chi connectivity index (χ4v) is 1.63. The Kier molecular flexibility index (Phi) is 3.94. The fraction of sp³-hybridized carbons (Fsp3) is 1.00. The van der Waals surface area contributed by atoms with Crippen LogP contribution in [-0.2, 0) is 0 Å². The van der Waals surface area contributed by atoms with Crippen molar-refractivity contribution in [1.29, 1.82) is 0 Å². The summed E-state index contributed by atoms with van der Waals surface area (Å²) in [4.78, 5) is 0. The van der Waals surface area contributed by atoms with Crippen LogP contribution in [0.5, 0.6) is 0 Å². The second-order valence-corrected chi connectivity index (χ2v) is 4.40. The molecule has 0 bridgehead atoms. The summed E-state index contributed by atoms with van der Waals surface area (Å²) in [6, 6.07) is 0. The molecule has 2 N–H and O–H groups in total. The van der Waals surface area contributed by atoms with Crippen LogP contribution in [0, 0.1) is 5.41 Å². The first-order chi connectivity index (χ1) is 6.86. The van der Waals surface area contributed by atoms with Gasteiger partial charge in [0.2, 0.25) is 0 Å². The average molecular weight is 228 g/mol. The van der Waals surface area contributed by atoms with Gasteiger partial charge in [0.1, 0.15) is 0 Å². The van der Waals surface area contributed by atoms with Crippen molar-refractivity contribution < 1.29 is 17.6 Å². The second kappa shape index (κ2) is 4.65. The molecule has 0 aliphatic carbocycles. The molecule has 0 aromatic rings. The summed E-state index contributed by atoms with van der Waals surface area (Å²) in [5.74, 6) is -3.93. The van der Waals surface area contributed by atoms with E-state index in [2.05, 4.69) is 10.6 Å². The van der Waals surface area contributed by atoms with E-state index in [1.807, 2.05) is 6.92 Å². The number of nitrogens with one attached hydrogen (secondary N) is 2. The van der Waals surface area contributed by atoms with Gasteiger partial charge in [-0.05, 0) is 18.4 Å². The summed E-state index contributed by atoms with van der Waals surface area (Å²) in [6.07, 6.45) is -2.72. The van der Waals surface area contributed by atoms with Crippen molar-refractivity contribution in [2.24, 2.45) is 5.41 Å². The predicted molar refractivity (Wildman–Crippen MR) is 49.4 cm³/mol. The Balaban J connectivity index is 2.26. The van der Waals surface area contributed by atoms with Crippen LogP contribution < -0.4 is 10.6 Å². The third kappa shape index (κ3) is 3.61. The summed E-state index contributed by atoms with van der Waals surface area (Å²) >= 11 is 0. The summed E-state index contributed by atoms with van der Waals surface area (Å²) in [5, 5.41) is 5.53. The molecule has 0 aromatic carbocycles. The van der Waals surface area contributed by atoms with Crippen LogP contribution in [0.4, 0.5) is 17.6 Å². The standard InChI is InChI=1S/C9H16F4N2/c1-8(2-3-14-4-8)5-15-6-9(12,13)7(10)11/h7,14-15H,2-6H2,1H3. The molecule has 0 radical (unpaired) electrons. The first-order valence-corrected chi connectivity index (χ1v) is 4.93. The predicted octanol–water partition coefficient (Wildman–Crippen LogP) is 1.48. The number of hydrogen-bond donors (Lipinski definition) is 2. The average Bonchev–Trinajstić information content (AvgIpc) is 2.51. The van der Waals surface area contributed by atoms with Gasteiger partial charge in [-0.15, -0.1) is 0 Å². The quantitative estimate of drug-likeness (QED) is 0.696. The first kappa shape index (κ1) is 12.7. The SMILES string of the molecule is CC1(CNCC(F)(F)C(F)F)CCNC1. The van der Waals surface area contributed by atoms with Gasteiger partial charge in [-0.3, -0.25) is 0 Å². The van der Waals surface area contributed by atoms with Crippen molar-refractivity contribution in [2.75, 3.05) is 26.2 Å². The van der Waals surface area contributed by atoms with Gasteiger partial charge in [0.25, 0.3) is 0 Å². The van der Waals surface area contributed by atoms with Gasteiger partial charge in [-0.2, -0.15) is 8.78 Å². The van der Waals surface area contributed by atoms with E-state index < -0.39 is 18.9 Å². The van der Waals surface area contributed by atoms with Crippen molar-refractivity contribution >= 4 is 0 Å². The third-order valence-electron chi connectivity index (χ3n) is 2.69. The van der Waals surface area contributed by atoms with Gasteiger partial charge in [0.15, 0.2) is 0 Å². The molecular formula is C9H16F4N2. The van der Waals surface area contributed by atoms with Gasteiger partial charge in [0, 0.05) is 13.1 Å². The molecule has 15 heavy (non-hydrogen) atoms. The summed E-state index contributed by atoms with van der Waals surface area (Å²) in [6.45, 7) is 2.91. The minimum Gasteiger partial charge on any atom is -0.316 e. The van der Waals surface area contributed by atoms with Crippen molar-refractivity contribution in [2.45, 2.75) is 25.7 Å². The minimum absolute atomic E-state index is 0.0990. The van der Waals surface area contributed by atoms with Crippen molar-refractivity contribution in [3.8, 4) is 0 Å². The maximum absolute atomic E-state index is 12.5. The zero-order chi connectivity index (χ0) is 11.5. The molecule has 0 aromatic heterocycles. The smallest absolute Gasteiger partial charge is 0.316 e. The summed E-state index contributed by atoms with van der Waals surface area (Å²) in [5.41, 5.74) is -0.0990. The Morgan fingerprint density at radius 3 is 2.60 bits per heavy atom. The van der Waals surface area contributed by atoms with Crippen molar-refractivity contribution in [3.63, 3.8) is 0 Å². The highest BCUT2D eigenvalue weighted by molar-refractivity contribution is 4.86. The van der Waals surface area contributed by atoms with Crippen LogP contribution in [0.2, 0.25) is 0 Å². The molecule has 1 heterocycles. The van der Waals surface area contributed by atoms with Crippen molar-refractivity contribution in [3.05, 3.63) is 0 Å². The van der Waals surface area contributed by atoms with E-state index in [1.165, 1.54) is 0 Å². The first-order valence-electron chi connectivity index (χ1n) is 4.93. The maximum atomic E-state index is 12.5. The Morgan fingerprint density at radius 1 is 1.47 bits per heavy atom. The Bertz CT molecular complexity index is 198. The molecular weight excluding hydrogens is 212 g/mol. The number of hydrogen-bond acceptors (Lipinski definition) is 2. The van der Waals surface area contributed by atoms with Crippen LogP contribution in [0.1, 0.15) is 13.3 Å². The van der Waals surface area contributed by atoms with Gasteiger partial charge in [0.05, 0.1) is 6.54 Å². The second-order valence-electron chi connectivity index (χ2n) is 4.40. The van der Waals surface area contributed by atoms with E-state index in [0.29, 0.717) is 6.54 Å². The van der Waals surface area contributed by atoms with Crippen LogP contribution >= 0.6 is 0 Å². The number of halogens is 4. The summed E-state index contributed by atoms with van der Waals surface area (Å²) < 4.78 is 48.6. The minimum atomic E-state index is -3.93. The lowest BCUT2D eigenvalue weighted by atomic mass is 9.90. The van der Waals surface area contributed by atoms with Crippen LogP contribution in [-0.4, -0.2) is 38.5 Å². The summed E-state index contributed by atoms with van der Waals surface area (Å²) in [7, 11) is 0. The third-order valence-corrected chi connectivity index (χ3v) is 2.69. The lowest BCUT2D eigenvalue weighted by molar-refractivity contribution is -0.125. The lowest BCUT2D eigenvalue weighted by Gasteiger charge is -2.24. The molecule has 1 rings (SSSR count). The molecule has 1 atom stereocenters. The highest BCUT2D eigenvalue weighted by Gasteiger charge is 2.40. The van der Waals surface area contributed by atoms with E-state index in [1.54, 1.807) is 0 Å². The largest absolute Gasteiger partial charge is 0.319 e. The van der Waals surface area contributed by atoms with Gasteiger partial charge >= 0.3 is 12.3 Å². The van der Waals surface area contributed by atoms with Gasteiger partial charge in [-0.25, -0.2) is 8.78 Å². The topological polar surface area (TPSA) is 24.1 Å². The highest BCUT2D eigenvalue weighted by atomic mass is 19.3. The fourth-order valence-electron chi connectivity index (χ4n) is 1.63. The molecule has 0 saturated carbocycles. The number of rotatable bonds is 5. The molecule has 0 spiro atoms.